The largest absolute Gasteiger partial charge is 0.484 e. The number of imidazole rings is 1. The van der Waals surface area contributed by atoms with Crippen molar-refractivity contribution in [3.63, 3.8) is 0 Å². The molecule has 1 saturated heterocycles. The third-order valence-corrected chi connectivity index (χ3v) is 6.65. The molecule has 0 aliphatic carbocycles. The van der Waals surface area contributed by atoms with E-state index in [1.165, 1.54) is 0 Å². The number of hydrogen-bond donors (Lipinski definition) is 1. The van der Waals surface area contributed by atoms with E-state index in [-0.39, 0.29) is 12.5 Å². The second-order valence-electron chi connectivity index (χ2n) is 9.21. The topological polar surface area (TPSA) is 75.5 Å². The number of rotatable bonds is 8. The van der Waals surface area contributed by atoms with Gasteiger partial charge in [-0.15, -0.1) is 0 Å². The van der Waals surface area contributed by atoms with Crippen molar-refractivity contribution in [3.8, 4) is 5.75 Å². The van der Waals surface area contributed by atoms with Crippen molar-refractivity contribution in [2.24, 2.45) is 7.05 Å². The highest BCUT2D eigenvalue weighted by Gasteiger charge is 2.18. The number of anilines is 2. The highest BCUT2D eigenvalue weighted by atomic mass is 16.5. The Bertz CT molecular complexity index is 1310. The van der Waals surface area contributed by atoms with Crippen LogP contribution in [0, 0.1) is 6.92 Å². The molecular weight excluding hydrogens is 452 g/mol. The molecule has 2 aromatic heterocycles. The molecule has 5 rings (SSSR count). The van der Waals surface area contributed by atoms with E-state index in [0.29, 0.717) is 5.75 Å². The number of pyridine rings is 1. The van der Waals surface area contributed by atoms with Gasteiger partial charge in [0.25, 0.3) is 5.91 Å². The zero-order valence-corrected chi connectivity index (χ0v) is 20.9. The molecule has 0 unspecified atom stereocenters. The zero-order valence-electron chi connectivity index (χ0n) is 20.9. The van der Waals surface area contributed by atoms with Crippen LogP contribution in [-0.2, 0) is 18.3 Å². The summed E-state index contributed by atoms with van der Waals surface area (Å²) in [5.74, 6) is 2.58. The number of aromatic nitrogens is 3. The molecule has 0 radical (unpaired) electrons. The van der Waals surface area contributed by atoms with E-state index < -0.39 is 0 Å². The Kier molecular flexibility index (Phi) is 7.13. The Morgan fingerprint density at radius 3 is 2.58 bits per heavy atom. The summed E-state index contributed by atoms with van der Waals surface area (Å²) in [5.41, 5.74) is 3.80. The van der Waals surface area contributed by atoms with E-state index in [9.17, 15) is 4.79 Å². The number of carbonyl (C=O) groups excluding carboxylic acids is 1. The number of benzene rings is 2. The van der Waals surface area contributed by atoms with Crippen LogP contribution in [0.5, 0.6) is 5.75 Å². The normalized spacial score (nSPS) is 14.2. The number of nitrogens with one attached hydrogen (secondary N) is 1. The smallest absolute Gasteiger partial charge is 0.262 e. The predicted octanol–water partition coefficient (Wildman–Crippen LogP) is 3.66. The van der Waals surface area contributed by atoms with Gasteiger partial charge in [0.1, 0.15) is 17.4 Å². The number of carbonyl (C=O) groups is 1. The molecule has 1 aliphatic rings. The molecule has 1 fully saturated rings. The molecule has 8 nitrogen and oxygen atoms in total. The highest BCUT2D eigenvalue weighted by Crippen LogP contribution is 2.21. The number of ether oxygens (including phenoxy) is 1. The van der Waals surface area contributed by atoms with Gasteiger partial charge < -0.3 is 19.5 Å². The van der Waals surface area contributed by atoms with Crippen molar-refractivity contribution in [3.05, 3.63) is 78.2 Å². The number of piperazine rings is 1. The number of fused-ring (bicyclic) bond motifs is 1. The molecule has 0 atom stereocenters. The lowest BCUT2D eigenvalue weighted by molar-refractivity contribution is -0.118. The molecule has 8 heteroatoms. The molecule has 3 heterocycles. The van der Waals surface area contributed by atoms with E-state index in [0.717, 1.165) is 73.1 Å². The molecular formula is C28H32N6O2. The van der Waals surface area contributed by atoms with Crippen molar-refractivity contribution >= 4 is 28.4 Å². The maximum Gasteiger partial charge on any atom is 0.262 e. The average Bonchev–Trinajstić information content (AvgIpc) is 3.22. The summed E-state index contributed by atoms with van der Waals surface area (Å²) >= 11 is 0. The number of hydrogen-bond acceptors (Lipinski definition) is 6. The van der Waals surface area contributed by atoms with Crippen LogP contribution in [0.3, 0.4) is 0 Å². The van der Waals surface area contributed by atoms with Gasteiger partial charge in [-0.3, -0.25) is 9.69 Å². The number of nitrogens with zero attached hydrogens (tertiary/aromatic N) is 5. The lowest BCUT2D eigenvalue weighted by atomic mass is 10.2. The monoisotopic (exact) mass is 484 g/mol. The quantitative estimate of drug-likeness (QED) is 0.411. The highest BCUT2D eigenvalue weighted by molar-refractivity contribution is 5.94. The number of amides is 1. The van der Waals surface area contributed by atoms with Crippen LogP contribution < -0.4 is 15.0 Å². The molecule has 1 N–H and O–H groups in total. The summed E-state index contributed by atoms with van der Waals surface area (Å²) in [6.07, 6.45) is 2.73. The van der Waals surface area contributed by atoms with Crippen molar-refractivity contribution < 1.29 is 9.53 Å². The minimum absolute atomic E-state index is 0.0395. The van der Waals surface area contributed by atoms with Crippen LogP contribution >= 0.6 is 0 Å². The fourth-order valence-corrected chi connectivity index (χ4v) is 4.53. The van der Waals surface area contributed by atoms with Gasteiger partial charge in [-0.1, -0.05) is 23.8 Å². The third kappa shape index (κ3) is 5.66. The van der Waals surface area contributed by atoms with E-state index >= 15 is 0 Å². The molecule has 1 amide bonds. The SMILES string of the molecule is Cc1ccc(OCC(=O)Nc2ccc3c(c2)nc(CCN2CCN(c4ccccn4)CC2)n3C)cc1. The minimum atomic E-state index is -0.198. The summed E-state index contributed by atoms with van der Waals surface area (Å²) < 4.78 is 7.73. The van der Waals surface area contributed by atoms with Crippen LogP contribution in [0.15, 0.2) is 66.9 Å². The van der Waals surface area contributed by atoms with Crippen LogP contribution in [0.25, 0.3) is 11.0 Å². The Morgan fingerprint density at radius 2 is 1.83 bits per heavy atom. The zero-order chi connectivity index (χ0) is 24.9. The number of aryl methyl sites for hydroxylation is 2. The van der Waals surface area contributed by atoms with Crippen molar-refractivity contribution in [1.29, 1.82) is 0 Å². The standard InChI is InChI=1S/C28H32N6O2/c1-21-6-9-23(10-7-21)36-20-28(35)30-22-8-11-25-24(19-22)31-27(32(25)2)12-14-33-15-17-34(18-16-33)26-5-3-4-13-29-26/h3-11,13,19H,12,14-18,20H2,1-2H3,(H,30,35). The average molecular weight is 485 g/mol. The Labute approximate surface area is 211 Å². The van der Waals surface area contributed by atoms with E-state index in [2.05, 4.69) is 37.8 Å². The Balaban J connectivity index is 1.14. The molecule has 0 bridgehead atoms. The maximum absolute atomic E-state index is 12.4. The van der Waals surface area contributed by atoms with Crippen molar-refractivity contribution in [2.45, 2.75) is 13.3 Å². The van der Waals surface area contributed by atoms with Gasteiger partial charge in [0.05, 0.1) is 11.0 Å². The van der Waals surface area contributed by atoms with Crippen molar-refractivity contribution in [1.82, 2.24) is 19.4 Å². The van der Waals surface area contributed by atoms with Gasteiger partial charge >= 0.3 is 0 Å². The van der Waals surface area contributed by atoms with Crippen LogP contribution in [0.2, 0.25) is 0 Å². The van der Waals surface area contributed by atoms with Crippen LogP contribution in [0.4, 0.5) is 11.5 Å². The van der Waals surface area contributed by atoms with Gasteiger partial charge in [0.2, 0.25) is 0 Å². The summed E-state index contributed by atoms with van der Waals surface area (Å²) in [4.78, 5) is 26.5. The van der Waals surface area contributed by atoms with Crippen LogP contribution in [-0.4, -0.2) is 64.7 Å². The van der Waals surface area contributed by atoms with Gasteiger partial charge in [-0.25, -0.2) is 9.97 Å². The Hall–Kier alpha value is -3.91. The molecule has 0 saturated carbocycles. The van der Waals surface area contributed by atoms with Gasteiger partial charge in [0, 0.05) is 58.1 Å². The third-order valence-electron chi connectivity index (χ3n) is 6.65. The fraction of sp³-hybridized carbons (Fsp3) is 0.321. The van der Waals surface area contributed by atoms with E-state index in [4.69, 9.17) is 9.72 Å². The van der Waals surface area contributed by atoms with E-state index in [1.807, 2.05) is 67.7 Å². The summed E-state index contributed by atoms with van der Waals surface area (Å²) in [6, 6.07) is 19.6. The van der Waals surface area contributed by atoms with Crippen molar-refractivity contribution in [2.75, 3.05) is 49.5 Å². The van der Waals surface area contributed by atoms with Gasteiger partial charge in [-0.05, 0) is 49.4 Å². The second kappa shape index (κ2) is 10.8. The summed E-state index contributed by atoms with van der Waals surface area (Å²) in [7, 11) is 2.05. The van der Waals surface area contributed by atoms with E-state index in [1.54, 1.807) is 0 Å². The second-order valence-corrected chi connectivity index (χ2v) is 9.21. The maximum atomic E-state index is 12.4. The molecule has 1 aliphatic heterocycles. The first-order valence-electron chi connectivity index (χ1n) is 12.4. The first-order valence-corrected chi connectivity index (χ1v) is 12.4. The van der Waals surface area contributed by atoms with Gasteiger partial charge in [-0.2, -0.15) is 0 Å². The first kappa shape index (κ1) is 23.8. The minimum Gasteiger partial charge on any atom is -0.484 e. The molecule has 4 aromatic rings. The van der Waals surface area contributed by atoms with Crippen LogP contribution in [0.1, 0.15) is 11.4 Å². The molecule has 36 heavy (non-hydrogen) atoms. The molecule has 0 spiro atoms. The van der Waals surface area contributed by atoms with Gasteiger partial charge in [0.15, 0.2) is 6.61 Å². The predicted molar refractivity (Wildman–Crippen MR) is 143 cm³/mol. The molecule has 186 valence electrons. The first-order chi connectivity index (χ1) is 17.5. The summed E-state index contributed by atoms with van der Waals surface area (Å²) in [5, 5.41) is 2.91. The fourth-order valence-electron chi connectivity index (χ4n) is 4.53. The lowest BCUT2D eigenvalue weighted by Crippen LogP contribution is -2.47. The molecule has 2 aromatic carbocycles. The Morgan fingerprint density at radius 1 is 1.03 bits per heavy atom. The lowest BCUT2D eigenvalue weighted by Gasteiger charge is -2.35. The summed E-state index contributed by atoms with van der Waals surface area (Å²) in [6.45, 7) is 6.94.